The van der Waals surface area contributed by atoms with Crippen LogP contribution in [0.25, 0.3) is 0 Å². The van der Waals surface area contributed by atoms with Gasteiger partial charge in [0.2, 0.25) is 24.0 Å². The molecule has 3 atom stereocenters. The number of carbonyl (C=O) groups excluding carboxylic acids is 4. The van der Waals surface area contributed by atoms with Crippen molar-refractivity contribution in [2.45, 2.75) is 56.7 Å². The van der Waals surface area contributed by atoms with Gasteiger partial charge in [-0.25, -0.2) is 0 Å². The normalized spacial score (nSPS) is 13.1. The SMILES string of the molecule is N=C(N)NCCC[C@H](NC(=O)CN)C(=O)N[C@@H](CCCCN)C(=O)N[C@H]([C]=O)Cc1ccccc1. The average molecular weight is 490 g/mol. The minimum absolute atomic E-state index is 0.203. The standard InChI is InChI=1S/C23H37N8O4/c24-11-5-4-9-19(21(34)29-17(15-32)13-16-7-2-1-3-8-16)31-22(35)18(30-20(33)14-25)10-6-12-28-23(26)27/h1-3,7-8,17-19H,4-6,9-14,24-25H2,(H,29,34)(H,30,33)(H,31,35)(H4,26,27,28)/t17-,18-,19-/m0/s1. The molecular weight excluding hydrogens is 452 g/mol. The third-order valence-electron chi connectivity index (χ3n) is 5.14. The van der Waals surface area contributed by atoms with Gasteiger partial charge < -0.3 is 38.5 Å². The summed E-state index contributed by atoms with van der Waals surface area (Å²) in [4.78, 5) is 49.3. The lowest BCUT2D eigenvalue weighted by Gasteiger charge is -2.24. The highest BCUT2D eigenvalue weighted by Gasteiger charge is 2.27. The second-order valence-corrected chi connectivity index (χ2v) is 8.02. The number of rotatable bonds is 17. The second kappa shape index (κ2) is 17.0. The summed E-state index contributed by atoms with van der Waals surface area (Å²) in [6.07, 6.45) is 4.28. The summed E-state index contributed by atoms with van der Waals surface area (Å²) < 4.78 is 0. The van der Waals surface area contributed by atoms with E-state index in [0.717, 1.165) is 5.56 Å². The fourth-order valence-corrected chi connectivity index (χ4v) is 3.33. The van der Waals surface area contributed by atoms with Gasteiger partial charge in [-0.1, -0.05) is 30.3 Å². The first-order valence-corrected chi connectivity index (χ1v) is 11.6. The molecule has 1 rings (SSSR count). The van der Waals surface area contributed by atoms with Gasteiger partial charge in [0.15, 0.2) is 5.96 Å². The molecule has 0 aromatic heterocycles. The molecular formula is C23H37N8O4. The molecule has 0 heterocycles. The van der Waals surface area contributed by atoms with Crippen LogP contribution in [0, 0.1) is 5.41 Å². The van der Waals surface area contributed by atoms with Gasteiger partial charge in [0.25, 0.3) is 0 Å². The second-order valence-electron chi connectivity index (χ2n) is 8.02. The first kappa shape index (κ1) is 29.5. The Bertz CT molecular complexity index is 821. The highest BCUT2D eigenvalue weighted by atomic mass is 16.2. The molecule has 0 aliphatic carbocycles. The summed E-state index contributed by atoms with van der Waals surface area (Å²) in [7, 11) is 0. The fraction of sp³-hybridized carbons (Fsp3) is 0.522. The van der Waals surface area contributed by atoms with Crippen LogP contribution in [0.1, 0.15) is 37.7 Å². The maximum Gasteiger partial charge on any atom is 0.243 e. The molecule has 1 aromatic rings. The zero-order valence-corrected chi connectivity index (χ0v) is 19.8. The third kappa shape index (κ3) is 12.5. The number of nitrogens with two attached hydrogens (primary N) is 3. The van der Waals surface area contributed by atoms with Gasteiger partial charge in [-0.3, -0.25) is 24.6 Å². The average Bonchev–Trinajstić information content (AvgIpc) is 2.84. The lowest BCUT2D eigenvalue weighted by molar-refractivity contribution is -0.132. The number of guanidine groups is 1. The molecule has 0 spiro atoms. The van der Waals surface area contributed by atoms with E-state index in [9.17, 15) is 19.2 Å². The van der Waals surface area contributed by atoms with Crippen LogP contribution >= 0.6 is 0 Å². The van der Waals surface area contributed by atoms with E-state index in [1.807, 2.05) is 36.6 Å². The van der Waals surface area contributed by atoms with E-state index in [2.05, 4.69) is 21.3 Å². The van der Waals surface area contributed by atoms with Crippen molar-refractivity contribution < 1.29 is 19.2 Å². The number of benzene rings is 1. The quantitative estimate of drug-likeness (QED) is 0.0703. The first-order valence-electron chi connectivity index (χ1n) is 11.6. The maximum absolute atomic E-state index is 13.0. The Morgan fingerprint density at radius 1 is 0.914 bits per heavy atom. The summed E-state index contributed by atoms with van der Waals surface area (Å²) in [5.41, 5.74) is 17.0. The molecule has 12 nitrogen and oxygen atoms in total. The number of hydrogen-bond donors (Lipinski definition) is 8. The van der Waals surface area contributed by atoms with Gasteiger partial charge in [-0.05, 0) is 44.2 Å². The highest BCUT2D eigenvalue weighted by molar-refractivity contribution is 5.93. The predicted octanol–water partition coefficient (Wildman–Crippen LogP) is -1.86. The molecule has 11 N–H and O–H groups in total. The molecule has 1 radical (unpaired) electrons. The Hall–Kier alpha value is -3.51. The Morgan fingerprint density at radius 2 is 1.54 bits per heavy atom. The largest absolute Gasteiger partial charge is 0.370 e. The number of carbonyl (C=O) groups is 3. The molecule has 1 aromatic carbocycles. The molecule has 0 saturated heterocycles. The monoisotopic (exact) mass is 489 g/mol. The number of amides is 3. The molecule has 0 saturated carbocycles. The van der Waals surface area contributed by atoms with Crippen molar-refractivity contribution in [1.29, 1.82) is 5.41 Å². The van der Waals surface area contributed by atoms with Crippen LogP contribution in [0.15, 0.2) is 30.3 Å². The van der Waals surface area contributed by atoms with Crippen molar-refractivity contribution in [3.63, 3.8) is 0 Å². The van der Waals surface area contributed by atoms with E-state index in [-0.39, 0.29) is 25.3 Å². The van der Waals surface area contributed by atoms with E-state index in [0.29, 0.717) is 38.8 Å². The van der Waals surface area contributed by atoms with Crippen molar-refractivity contribution in [2.24, 2.45) is 17.2 Å². The predicted molar refractivity (Wildman–Crippen MR) is 133 cm³/mol. The lowest BCUT2D eigenvalue weighted by atomic mass is 10.0. The first-order chi connectivity index (χ1) is 16.8. The zero-order valence-electron chi connectivity index (χ0n) is 19.8. The van der Waals surface area contributed by atoms with Crippen molar-refractivity contribution in [3.05, 3.63) is 35.9 Å². The summed E-state index contributed by atoms with van der Waals surface area (Å²) in [5.74, 6) is -1.81. The topological polar surface area (TPSA) is 218 Å². The molecule has 0 unspecified atom stereocenters. The van der Waals surface area contributed by atoms with Crippen LogP contribution < -0.4 is 38.5 Å². The molecule has 0 aliphatic rings. The maximum atomic E-state index is 13.0. The summed E-state index contributed by atoms with van der Waals surface area (Å²) in [6.45, 7) is 0.458. The molecule has 0 fully saturated rings. The highest BCUT2D eigenvalue weighted by Crippen LogP contribution is 2.06. The van der Waals surface area contributed by atoms with Gasteiger partial charge in [0.1, 0.15) is 12.1 Å². The third-order valence-corrected chi connectivity index (χ3v) is 5.14. The smallest absolute Gasteiger partial charge is 0.243 e. The molecule has 3 amide bonds. The van der Waals surface area contributed by atoms with Crippen LogP contribution in [0.3, 0.4) is 0 Å². The van der Waals surface area contributed by atoms with E-state index in [1.54, 1.807) is 0 Å². The molecule has 0 bridgehead atoms. The van der Waals surface area contributed by atoms with Crippen LogP contribution in [0.5, 0.6) is 0 Å². The van der Waals surface area contributed by atoms with Crippen LogP contribution in [0.2, 0.25) is 0 Å². The molecule has 0 aliphatic heterocycles. The zero-order chi connectivity index (χ0) is 26.1. The Morgan fingerprint density at radius 3 is 2.14 bits per heavy atom. The Balaban J connectivity index is 2.87. The van der Waals surface area contributed by atoms with Gasteiger partial charge in [0, 0.05) is 13.0 Å². The van der Waals surface area contributed by atoms with Crippen molar-refractivity contribution in [2.75, 3.05) is 19.6 Å². The van der Waals surface area contributed by atoms with Crippen LogP contribution in [0.4, 0.5) is 0 Å². The van der Waals surface area contributed by atoms with Gasteiger partial charge in [0.05, 0.1) is 12.6 Å². The fourth-order valence-electron chi connectivity index (χ4n) is 3.33. The van der Waals surface area contributed by atoms with E-state index >= 15 is 0 Å². The summed E-state index contributed by atoms with van der Waals surface area (Å²) in [5, 5.41) is 17.7. The number of nitrogens with one attached hydrogen (secondary N) is 5. The van der Waals surface area contributed by atoms with Crippen LogP contribution in [-0.2, 0) is 25.6 Å². The van der Waals surface area contributed by atoms with Crippen LogP contribution in [-0.4, -0.2) is 67.7 Å². The van der Waals surface area contributed by atoms with Gasteiger partial charge >= 0.3 is 0 Å². The van der Waals surface area contributed by atoms with Crippen molar-refractivity contribution >= 4 is 30.0 Å². The summed E-state index contributed by atoms with van der Waals surface area (Å²) in [6, 6.07) is 6.42. The molecule has 12 heteroatoms. The summed E-state index contributed by atoms with van der Waals surface area (Å²) >= 11 is 0. The van der Waals surface area contributed by atoms with Gasteiger partial charge in [-0.2, -0.15) is 0 Å². The Kier molecular flexibility index (Phi) is 14.3. The lowest BCUT2D eigenvalue weighted by Crippen LogP contribution is -2.55. The minimum Gasteiger partial charge on any atom is -0.370 e. The van der Waals surface area contributed by atoms with E-state index < -0.39 is 35.8 Å². The Labute approximate surface area is 205 Å². The van der Waals surface area contributed by atoms with E-state index in [4.69, 9.17) is 22.6 Å². The molecule has 35 heavy (non-hydrogen) atoms. The van der Waals surface area contributed by atoms with Crippen molar-refractivity contribution in [3.8, 4) is 0 Å². The minimum atomic E-state index is -0.942. The number of hydrogen-bond acceptors (Lipinski definition) is 7. The van der Waals surface area contributed by atoms with Gasteiger partial charge in [-0.15, -0.1) is 0 Å². The molecule has 193 valence electrons. The van der Waals surface area contributed by atoms with E-state index in [1.165, 1.54) is 0 Å². The number of unbranched alkanes of at least 4 members (excludes halogenated alkanes) is 1. The van der Waals surface area contributed by atoms with Crippen molar-refractivity contribution in [1.82, 2.24) is 21.3 Å².